The van der Waals surface area contributed by atoms with E-state index in [9.17, 15) is 13.2 Å². The van der Waals surface area contributed by atoms with Crippen LogP contribution < -0.4 is 9.47 Å². The molecule has 0 N–H and O–H groups in total. The number of alkyl halides is 2. The molecular weight excluding hydrogens is 333 g/mol. The van der Waals surface area contributed by atoms with Crippen molar-refractivity contribution in [1.82, 2.24) is 9.78 Å². The first-order valence-corrected chi connectivity index (χ1v) is 7.52. The molecule has 0 bridgehead atoms. The zero-order chi connectivity index (χ0) is 17.6. The summed E-state index contributed by atoms with van der Waals surface area (Å²) in [6, 6.07) is 12.6. The largest absolute Gasteiger partial charge is 0.485 e. The summed E-state index contributed by atoms with van der Waals surface area (Å²) in [6.45, 7) is -2.35. The third kappa shape index (κ3) is 4.76. The molecule has 0 aliphatic carbocycles. The SMILES string of the molecule is Fc1ccc(Cn2cc(OCc3ccccc3OC(F)F)cn2)cc1. The maximum Gasteiger partial charge on any atom is 0.387 e. The highest BCUT2D eigenvalue weighted by atomic mass is 19.3. The normalized spacial score (nSPS) is 10.9. The van der Waals surface area contributed by atoms with Crippen molar-refractivity contribution in [1.29, 1.82) is 0 Å². The fourth-order valence-corrected chi connectivity index (χ4v) is 2.28. The van der Waals surface area contributed by atoms with Gasteiger partial charge in [0.1, 0.15) is 18.2 Å². The van der Waals surface area contributed by atoms with Crippen LogP contribution >= 0.6 is 0 Å². The molecule has 0 amide bonds. The lowest BCUT2D eigenvalue weighted by Crippen LogP contribution is -2.06. The van der Waals surface area contributed by atoms with Gasteiger partial charge in [-0.1, -0.05) is 30.3 Å². The standard InChI is InChI=1S/C18H15F3N2O2/c19-15-7-5-13(6-8-15)10-23-11-16(9-22-23)24-12-14-3-1-2-4-17(14)25-18(20)21/h1-9,11,18H,10,12H2. The summed E-state index contributed by atoms with van der Waals surface area (Å²) < 4.78 is 49.4. The van der Waals surface area contributed by atoms with Gasteiger partial charge in [0, 0.05) is 5.56 Å². The minimum absolute atomic E-state index is 0.0745. The van der Waals surface area contributed by atoms with E-state index in [4.69, 9.17) is 4.74 Å². The summed E-state index contributed by atoms with van der Waals surface area (Å²) in [7, 11) is 0. The van der Waals surface area contributed by atoms with Crippen molar-refractivity contribution in [2.75, 3.05) is 0 Å². The monoisotopic (exact) mass is 348 g/mol. The number of rotatable bonds is 7. The van der Waals surface area contributed by atoms with Crippen LogP contribution in [0.2, 0.25) is 0 Å². The lowest BCUT2D eigenvalue weighted by Gasteiger charge is -2.10. The van der Waals surface area contributed by atoms with Crippen LogP contribution in [0.25, 0.3) is 0 Å². The number of hydrogen-bond acceptors (Lipinski definition) is 3. The average Bonchev–Trinajstić information content (AvgIpc) is 3.03. The second-order valence-electron chi connectivity index (χ2n) is 5.27. The second-order valence-corrected chi connectivity index (χ2v) is 5.27. The third-order valence-corrected chi connectivity index (χ3v) is 3.45. The Morgan fingerprint density at radius 1 is 1.04 bits per heavy atom. The highest BCUT2D eigenvalue weighted by Gasteiger charge is 2.10. The molecule has 4 nitrogen and oxygen atoms in total. The van der Waals surface area contributed by atoms with E-state index < -0.39 is 6.61 Å². The fourth-order valence-electron chi connectivity index (χ4n) is 2.28. The minimum Gasteiger partial charge on any atom is -0.485 e. The van der Waals surface area contributed by atoms with Gasteiger partial charge in [-0.25, -0.2) is 4.39 Å². The molecule has 0 fully saturated rings. The minimum atomic E-state index is -2.89. The molecular formula is C18H15F3N2O2. The molecule has 0 saturated heterocycles. The van der Waals surface area contributed by atoms with E-state index in [1.54, 1.807) is 41.2 Å². The highest BCUT2D eigenvalue weighted by Crippen LogP contribution is 2.22. The Hall–Kier alpha value is -2.96. The molecule has 1 aromatic heterocycles. The summed E-state index contributed by atoms with van der Waals surface area (Å²) in [5, 5.41) is 4.16. The number of halogens is 3. The summed E-state index contributed by atoms with van der Waals surface area (Å²) in [5.74, 6) is 0.281. The Kier molecular flexibility index (Phi) is 5.23. The van der Waals surface area contributed by atoms with Crippen molar-refractivity contribution in [3.63, 3.8) is 0 Å². The van der Waals surface area contributed by atoms with Crippen LogP contribution in [0, 0.1) is 5.82 Å². The van der Waals surface area contributed by atoms with E-state index >= 15 is 0 Å². The number of benzene rings is 2. The molecule has 0 atom stereocenters. The van der Waals surface area contributed by atoms with Gasteiger partial charge in [0.2, 0.25) is 0 Å². The van der Waals surface area contributed by atoms with Gasteiger partial charge in [0.25, 0.3) is 0 Å². The van der Waals surface area contributed by atoms with Crippen LogP contribution in [0.5, 0.6) is 11.5 Å². The molecule has 1 heterocycles. The first kappa shape index (κ1) is 16.9. The Morgan fingerprint density at radius 2 is 1.80 bits per heavy atom. The van der Waals surface area contributed by atoms with Gasteiger partial charge in [-0.2, -0.15) is 13.9 Å². The smallest absolute Gasteiger partial charge is 0.387 e. The van der Waals surface area contributed by atoms with Gasteiger partial charge < -0.3 is 9.47 Å². The first-order chi connectivity index (χ1) is 12.1. The van der Waals surface area contributed by atoms with Crippen molar-refractivity contribution < 1.29 is 22.6 Å². The van der Waals surface area contributed by atoms with Crippen molar-refractivity contribution in [2.24, 2.45) is 0 Å². The van der Waals surface area contributed by atoms with E-state index in [1.165, 1.54) is 24.4 Å². The Balaban J connectivity index is 1.61. The Labute approximate surface area is 142 Å². The third-order valence-electron chi connectivity index (χ3n) is 3.45. The molecule has 0 saturated carbocycles. The van der Waals surface area contributed by atoms with E-state index in [0.29, 0.717) is 17.9 Å². The van der Waals surface area contributed by atoms with E-state index in [2.05, 4.69) is 9.84 Å². The van der Waals surface area contributed by atoms with E-state index in [-0.39, 0.29) is 18.2 Å². The molecule has 130 valence electrons. The lowest BCUT2D eigenvalue weighted by atomic mass is 10.2. The molecule has 0 radical (unpaired) electrons. The summed E-state index contributed by atoms with van der Waals surface area (Å²) in [6.07, 6.45) is 3.21. The Bertz CT molecular complexity index is 819. The molecule has 2 aromatic carbocycles. The van der Waals surface area contributed by atoms with Crippen LogP contribution in [0.3, 0.4) is 0 Å². The highest BCUT2D eigenvalue weighted by molar-refractivity contribution is 5.33. The summed E-state index contributed by atoms with van der Waals surface area (Å²) in [4.78, 5) is 0. The molecule has 0 unspecified atom stereocenters. The quantitative estimate of drug-likeness (QED) is 0.640. The molecule has 0 aliphatic rings. The van der Waals surface area contributed by atoms with Gasteiger partial charge >= 0.3 is 6.61 Å². The summed E-state index contributed by atoms with van der Waals surface area (Å²) >= 11 is 0. The molecule has 3 rings (SSSR count). The predicted molar refractivity (Wildman–Crippen MR) is 85.1 cm³/mol. The van der Waals surface area contributed by atoms with Gasteiger partial charge in [0.05, 0.1) is 18.9 Å². The van der Waals surface area contributed by atoms with Crippen LogP contribution in [-0.2, 0) is 13.2 Å². The second kappa shape index (κ2) is 7.74. The maximum atomic E-state index is 12.9. The van der Waals surface area contributed by atoms with Gasteiger partial charge in [-0.15, -0.1) is 0 Å². The Morgan fingerprint density at radius 3 is 2.56 bits per heavy atom. The van der Waals surface area contributed by atoms with Crippen molar-refractivity contribution in [3.8, 4) is 11.5 Å². The number of nitrogens with zero attached hydrogens (tertiary/aromatic N) is 2. The van der Waals surface area contributed by atoms with E-state index in [1.807, 2.05) is 0 Å². The molecule has 7 heteroatoms. The van der Waals surface area contributed by atoms with Crippen LogP contribution in [-0.4, -0.2) is 16.4 Å². The maximum absolute atomic E-state index is 12.9. The fraction of sp³-hybridized carbons (Fsp3) is 0.167. The number of aromatic nitrogens is 2. The number of para-hydroxylation sites is 1. The van der Waals surface area contributed by atoms with Crippen molar-refractivity contribution >= 4 is 0 Å². The van der Waals surface area contributed by atoms with Crippen molar-refractivity contribution in [3.05, 3.63) is 77.9 Å². The first-order valence-electron chi connectivity index (χ1n) is 7.52. The molecule has 0 aliphatic heterocycles. The zero-order valence-electron chi connectivity index (χ0n) is 13.1. The summed E-state index contributed by atoms with van der Waals surface area (Å²) in [5.41, 5.74) is 1.40. The van der Waals surface area contributed by atoms with Gasteiger partial charge in [-0.05, 0) is 23.8 Å². The van der Waals surface area contributed by atoms with Crippen LogP contribution in [0.15, 0.2) is 60.9 Å². The van der Waals surface area contributed by atoms with Crippen LogP contribution in [0.4, 0.5) is 13.2 Å². The van der Waals surface area contributed by atoms with Gasteiger partial charge in [-0.3, -0.25) is 4.68 Å². The van der Waals surface area contributed by atoms with Gasteiger partial charge in [0.15, 0.2) is 5.75 Å². The number of ether oxygens (including phenoxy) is 2. The molecule has 3 aromatic rings. The average molecular weight is 348 g/mol. The van der Waals surface area contributed by atoms with E-state index in [0.717, 1.165) is 5.56 Å². The molecule has 0 spiro atoms. The lowest BCUT2D eigenvalue weighted by molar-refractivity contribution is -0.0508. The molecule has 25 heavy (non-hydrogen) atoms. The zero-order valence-corrected chi connectivity index (χ0v) is 13.1. The van der Waals surface area contributed by atoms with Crippen LogP contribution in [0.1, 0.15) is 11.1 Å². The topological polar surface area (TPSA) is 36.3 Å². The predicted octanol–water partition coefficient (Wildman–Crippen LogP) is 4.25. The van der Waals surface area contributed by atoms with Crippen molar-refractivity contribution in [2.45, 2.75) is 19.8 Å². The number of hydrogen-bond donors (Lipinski definition) is 0.